The number of nitrogens with zero attached hydrogens (tertiary/aromatic N) is 4. The first-order valence-corrected chi connectivity index (χ1v) is 8.70. The molecule has 1 saturated heterocycles. The predicted octanol–water partition coefficient (Wildman–Crippen LogP) is 3.22. The maximum atomic E-state index is 13.9. The van der Waals surface area contributed by atoms with Crippen LogP contribution in [0.4, 0.5) is 10.3 Å². The van der Waals surface area contributed by atoms with E-state index in [1.807, 2.05) is 0 Å². The van der Waals surface area contributed by atoms with E-state index in [0.717, 1.165) is 18.7 Å². The predicted molar refractivity (Wildman–Crippen MR) is 89.3 cm³/mol. The van der Waals surface area contributed by atoms with Gasteiger partial charge in [-0.15, -0.1) is 5.10 Å². The quantitative estimate of drug-likeness (QED) is 0.917. The maximum absolute atomic E-state index is 13.9. The number of hydrogen-bond acceptors (Lipinski definition) is 5. The Morgan fingerprint density at radius 1 is 1.42 bits per heavy atom. The van der Waals surface area contributed by atoms with Crippen molar-refractivity contribution in [2.75, 3.05) is 18.5 Å². The summed E-state index contributed by atoms with van der Waals surface area (Å²) in [5, 5.41) is 8.01. The van der Waals surface area contributed by atoms with Crippen LogP contribution >= 0.6 is 11.6 Å². The van der Waals surface area contributed by atoms with Gasteiger partial charge in [-0.2, -0.15) is 0 Å². The molecule has 2 aromatic heterocycles. The van der Waals surface area contributed by atoms with Gasteiger partial charge in [0.25, 0.3) is 0 Å². The molecular formula is C16H21ClFN5O. The third-order valence-corrected chi connectivity index (χ3v) is 5.22. The van der Waals surface area contributed by atoms with Crippen LogP contribution in [0.2, 0.25) is 5.15 Å². The van der Waals surface area contributed by atoms with E-state index in [4.69, 9.17) is 16.3 Å². The van der Waals surface area contributed by atoms with Crippen LogP contribution in [-0.4, -0.2) is 45.0 Å². The van der Waals surface area contributed by atoms with Gasteiger partial charge in [0.1, 0.15) is 17.5 Å². The van der Waals surface area contributed by atoms with Gasteiger partial charge in [-0.05, 0) is 24.7 Å². The van der Waals surface area contributed by atoms with E-state index in [1.54, 1.807) is 10.7 Å². The van der Waals surface area contributed by atoms with Gasteiger partial charge in [0.15, 0.2) is 5.15 Å². The second kappa shape index (κ2) is 5.81. The molecule has 6 nitrogen and oxygen atoms in total. The van der Waals surface area contributed by atoms with Gasteiger partial charge in [0.05, 0.1) is 18.8 Å². The van der Waals surface area contributed by atoms with Gasteiger partial charge in [-0.1, -0.05) is 25.4 Å². The summed E-state index contributed by atoms with van der Waals surface area (Å²) < 4.78 is 20.8. The van der Waals surface area contributed by atoms with Crippen LogP contribution < -0.4 is 5.32 Å². The first-order valence-electron chi connectivity index (χ1n) is 8.32. The average molecular weight is 354 g/mol. The van der Waals surface area contributed by atoms with Crippen molar-refractivity contribution < 1.29 is 9.13 Å². The summed E-state index contributed by atoms with van der Waals surface area (Å²) in [6.45, 7) is 5.14. The molecule has 2 aromatic rings. The van der Waals surface area contributed by atoms with Crippen molar-refractivity contribution in [3.63, 3.8) is 0 Å². The third-order valence-electron chi connectivity index (χ3n) is 4.94. The lowest BCUT2D eigenvalue weighted by Crippen LogP contribution is -2.39. The minimum Gasteiger partial charge on any atom is -0.378 e. The van der Waals surface area contributed by atoms with Crippen molar-refractivity contribution in [2.24, 2.45) is 5.41 Å². The maximum Gasteiger partial charge on any atom is 0.241 e. The Labute approximate surface area is 144 Å². The standard InChI is InChI=1S/C16H21ClFN5O/c1-16(2)5-9(6-16)14-21-13(17)12-7-19-15(22-23(12)14)20-11-3-4-24-8-10(11)18/h7,9-11H,3-6,8H2,1-2H3,(H,20,22). The monoisotopic (exact) mass is 353 g/mol. The fraction of sp³-hybridized carbons (Fsp3) is 0.688. The van der Waals surface area contributed by atoms with E-state index >= 15 is 0 Å². The largest absolute Gasteiger partial charge is 0.378 e. The number of fused-ring (bicyclic) bond motifs is 1. The van der Waals surface area contributed by atoms with E-state index in [9.17, 15) is 4.39 Å². The molecule has 130 valence electrons. The van der Waals surface area contributed by atoms with E-state index in [-0.39, 0.29) is 12.6 Å². The summed E-state index contributed by atoms with van der Waals surface area (Å²) in [5.74, 6) is 1.61. The topological polar surface area (TPSA) is 64.3 Å². The number of rotatable bonds is 3. The average Bonchev–Trinajstić information content (AvgIpc) is 2.84. The zero-order chi connectivity index (χ0) is 16.9. The highest BCUT2D eigenvalue weighted by Crippen LogP contribution is 2.50. The lowest BCUT2D eigenvalue weighted by atomic mass is 9.64. The molecule has 1 aliphatic heterocycles. The zero-order valence-corrected chi connectivity index (χ0v) is 14.6. The smallest absolute Gasteiger partial charge is 0.241 e. The highest BCUT2D eigenvalue weighted by Gasteiger charge is 2.39. The molecule has 8 heteroatoms. The van der Waals surface area contributed by atoms with Crippen LogP contribution in [0.25, 0.3) is 5.52 Å². The molecule has 2 fully saturated rings. The van der Waals surface area contributed by atoms with Crippen molar-refractivity contribution >= 4 is 23.1 Å². The molecule has 0 radical (unpaired) electrons. The molecule has 0 amide bonds. The lowest BCUT2D eigenvalue weighted by molar-refractivity contribution is 0.0284. The third kappa shape index (κ3) is 2.84. The Balaban J connectivity index is 1.62. The minimum atomic E-state index is -1.06. The van der Waals surface area contributed by atoms with E-state index < -0.39 is 6.17 Å². The fourth-order valence-electron chi connectivity index (χ4n) is 3.69. The van der Waals surface area contributed by atoms with Crippen molar-refractivity contribution in [1.29, 1.82) is 0 Å². The van der Waals surface area contributed by atoms with Crippen molar-refractivity contribution in [3.05, 3.63) is 17.2 Å². The van der Waals surface area contributed by atoms with Crippen molar-refractivity contribution in [1.82, 2.24) is 19.6 Å². The van der Waals surface area contributed by atoms with Gasteiger partial charge < -0.3 is 10.1 Å². The van der Waals surface area contributed by atoms with Crippen LogP contribution in [-0.2, 0) is 4.74 Å². The molecule has 0 aromatic carbocycles. The van der Waals surface area contributed by atoms with Gasteiger partial charge in [-0.3, -0.25) is 0 Å². The highest BCUT2D eigenvalue weighted by molar-refractivity contribution is 6.32. The summed E-state index contributed by atoms with van der Waals surface area (Å²) in [5.41, 5.74) is 1.02. The van der Waals surface area contributed by atoms with E-state index in [2.05, 4.69) is 34.2 Å². The zero-order valence-electron chi connectivity index (χ0n) is 13.8. The summed E-state index contributed by atoms with van der Waals surface area (Å²) in [4.78, 5) is 8.75. The minimum absolute atomic E-state index is 0.110. The van der Waals surface area contributed by atoms with Crippen molar-refractivity contribution in [2.45, 2.75) is 51.2 Å². The van der Waals surface area contributed by atoms with E-state index in [1.165, 1.54) is 0 Å². The number of hydrogen-bond donors (Lipinski definition) is 1. The number of aromatic nitrogens is 4. The molecule has 2 unspecified atom stereocenters. The summed E-state index contributed by atoms with van der Waals surface area (Å²) in [7, 11) is 0. The molecule has 2 aliphatic rings. The Morgan fingerprint density at radius 3 is 2.92 bits per heavy atom. The van der Waals surface area contributed by atoms with E-state index in [0.29, 0.717) is 41.0 Å². The van der Waals surface area contributed by atoms with Gasteiger partial charge in [0, 0.05) is 12.5 Å². The number of alkyl halides is 1. The van der Waals surface area contributed by atoms with Gasteiger partial charge in [0.2, 0.25) is 5.95 Å². The van der Waals surface area contributed by atoms with Gasteiger partial charge in [-0.25, -0.2) is 18.9 Å². The first kappa shape index (κ1) is 16.0. The lowest BCUT2D eigenvalue weighted by Gasteiger charge is -2.41. The Morgan fingerprint density at radius 2 is 2.21 bits per heavy atom. The second-order valence-corrected chi connectivity index (χ2v) is 7.90. The highest BCUT2D eigenvalue weighted by atomic mass is 35.5. The van der Waals surface area contributed by atoms with Crippen LogP contribution in [0.5, 0.6) is 0 Å². The fourth-order valence-corrected chi connectivity index (χ4v) is 3.91. The Kier molecular flexibility index (Phi) is 3.88. The Hall–Kier alpha value is -1.47. The normalized spacial score (nSPS) is 27.2. The summed E-state index contributed by atoms with van der Waals surface area (Å²) in [6.07, 6.45) is 3.29. The van der Waals surface area contributed by atoms with Crippen molar-refractivity contribution in [3.8, 4) is 0 Å². The molecular weight excluding hydrogens is 333 g/mol. The molecule has 24 heavy (non-hydrogen) atoms. The summed E-state index contributed by atoms with van der Waals surface area (Å²) in [6, 6.07) is -0.332. The van der Waals surface area contributed by atoms with Crippen LogP contribution in [0.3, 0.4) is 0 Å². The number of nitrogens with one attached hydrogen (secondary N) is 1. The van der Waals surface area contributed by atoms with Gasteiger partial charge >= 0.3 is 0 Å². The SMILES string of the molecule is CC1(C)CC(c2nc(Cl)c3cnc(NC4CCOCC4F)nn23)C1. The van der Waals surface area contributed by atoms with Crippen LogP contribution in [0, 0.1) is 5.41 Å². The molecule has 0 bridgehead atoms. The number of halogens is 2. The molecule has 2 atom stereocenters. The first-order chi connectivity index (χ1) is 11.4. The molecule has 3 heterocycles. The molecule has 1 aliphatic carbocycles. The number of ether oxygens (including phenoxy) is 1. The second-order valence-electron chi connectivity index (χ2n) is 7.54. The number of imidazole rings is 1. The molecule has 1 N–H and O–H groups in total. The van der Waals surface area contributed by atoms with Crippen LogP contribution in [0.1, 0.15) is 44.9 Å². The molecule has 0 spiro atoms. The molecule has 4 rings (SSSR count). The number of anilines is 1. The summed E-state index contributed by atoms with van der Waals surface area (Å²) >= 11 is 6.23. The molecule has 1 saturated carbocycles. The van der Waals surface area contributed by atoms with Crippen LogP contribution in [0.15, 0.2) is 6.20 Å². The Bertz CT molecular complexity index is 756.